The van der Waals surface area contributed by atoms with Crippen molar-refractivity contribution >= 4 is 11.8 Å². The van der Waals surface area contributed by atoms with Crippen molar-refractivity contribution in [3.63, 3.8) is 0 Å². The molecule has 2 aromatic carbocycles. The SMILES string of the molecule is Cc1ccccc1C(=O)NCC(=O)NC(CCO)c1ccccc1. The molecule has 0 heterocycles. The quantitative estimate of drug-likeness (QED) is 0.728. The first-order chi connectivity index (χ1) is 11.6. The fourth-order valence-corrected chi connectivity index (χ4v) is 2.47. The number of amides is 2. The third kappa shape index (κ3) is 4.93. The highest BCUT2D eigenvalue weighted by molar-refractivity contribution is 5.97. The van der Waals surface area contributed by atoms with Gasteiger partial charge >= 0.3 is 0 Å². The number of aryl methyl sites for hydroxylation is 1. The number of carbonyl (C=O) groups is 2. The molecule has 1 unspecified atom stereocenters. The van der Waals surface area contributed by atoms with E-state index in [2.05, 4.69) is 10.6 Å². The summed E-state index contributed by atoms with van der Waals surface area (Å²) in [5.41, 5.74) is 2.34. The van der Waals surface area contributed by atoms with E-state index in [0.717, 1.165) is 11.1 Å². The fraction of sp³-hybridized carbons (Fsp3) is 0.263. The van der Waals surface area contributed by atoms with Gasteiger partial charge in [0.1, 0.15) is 0 Å². The van der Waals surface area contributed by atoms with Gasteiger partial charge in [-0.25, -0.2) is 0 Å². The minimum absolute atomic E-state index is 0.0323. The molecule has 2 rings (SSSR count). The molecule has 0 aliphatic heterocycles. The standard InChI is InChI=1S/C19H22N2O3/c1-14-7-5-6-10-16(14)19(24)20-13-18(23)21-17(11-12-22)15-8-3-2-4-9-15/h2-10,17,22H,11-13H2,1H3,(H,20,24)(H,21,23). The molecular weight excluding hydrogens is 304 g/mol. The van der Waals surface area contributed by atoms with Gasteiger partial charge in [-0.15, -0.1) is 0 Å². The zero-order chi connectivity index (χ0) is 17.4. The number of aliphatic hydroxyl groups is 1. The summed E-state index contributed by atoms with van der Waals surface area (Å²) in [5.74, 6) is -0.569. The van der Waals surface area contributed by atoms with E-state index in [0.29, 0.717) is 12.0 Å². The summed E-state index contributed by atoms with van der Waals surface area (Å²) in [5, 5.41) is 14.7. The summed E-state index contributed by atoms with van der Waals surface area (Å²) in [7, 11) is 0. The minimum Gasteiger partial charge on any atom is -0.396 e. The van der Waals surface area contributed by atoms with E-state index in [1.807, 2.05) is 49.4 Å². The van der Waals surface area contributed by atoms with Gasteiger partial charge in [-0.2, -0.15) is 0 Å². The Morgan fingerprint density at radius 1 is 1.04 bits per heavy atom. The van der Waals surface area contributed by atoms with E-state index in [-0.39, 0.29) is 31.0 Å². The monoisotopic (exact) mass is 326 g/mol. The molecule has 0 bridgehead atoms. The van der Waals surface area contributed by atoms with E-state index >= 15 is 0 Å². The minimum atomic E-state index is -0.292. The van der Waals surface area contributed by atoms with E-state index in [9.17, 15) is 14.7 Å². The van der Waals surface area contributed by atoms with Crippen LogP contribution in [0.4, 0.5) is 0 Å². The Labute approximate surface area is 141 Å². The second kappa shape index (κ2) is 8.84. The van der Waals surface area contributed by atoms with Crippen LogP contribution in [0.1, 0.15) is 33.9 Å². The van der Waals surface area contributed by atoms with Gasteiger partial charge in [0.2, 0.25) is 5.91 Å². The van der Waals surface area contributed by atoms with Crippen LogP contribution in [0.25, 0.3) is 0 Å². The Bertz CT molecular complexity index is 686. The first-order valence-corrected chi connectivity index (χ1v) is 7.91. The molecule has 5 nitrogen and oxygen atoms in total. The average Bonchev–Trinajstić information content (AvgIpc) is 2.60. The lowest BCUT2D eigenvalue weighted by molar-refractivity contribution is -0.121. The van der Waals surface area contributed by atoms with Crippen molar-refractivity contribution in [2.45, 2.75) is 19.4 Å². The molecule has 0 saturated carbocycles. The summed E-state index contributed by atoms with van der Waals surface area (Å²) in [6.45, 7) is 1.71. The van der Waals surface area contributed by atoms with Crippen LogP contribution in [-0.2, 0) is 4.79 Å². The maximum Gasteiger partial charge on any atom is 0.251 e. The van der Waals surface area contributed by atoms with Crippen LogP contribution in [0.2, 0.25) is 0 Å². The Morgan fingerprint density at radius 3 is 2.38 bits per heavy atom. The molecule has 3 N–H and O–H groups in total. The van der Waals surface area contributed by atoms with Gasteiger partial charge < -0.3 is 15.7 Å². The van der Waals surface area contributed by atoms with Crippen molar-refractivity contribution in [1.29, 1.82) is 0 Å². The van der Waals surface area contributed by atoms with Gasteiger partial charge in [0.05, 0.1) is 12.6 Å². The third-order valence-corrected chi connectivity index (χ3v) is 3.75. The third-order valence-electron chi connectivity index (χ3n) is 3.75. The molecule has 1 atom stereocenters. The highest BCUT2D eigenvalue weighted by atomic mass is 16.3. The van der Waals surface area contributed by atoms with Crippen LogP contribution in [0.3, 0.4) is 0 Å². The average molecular weight is 326 g/mol. The second-order valence-electron chi connectivity index (χ2n) is 5.54. The predicted molar refractivity (Wildman–Crippen MR) is 92.5 cm³/mol. The zero-order valence-corrected chi connectivity index (χ0v) is 13.7. The number of hydrogen-bond donors (Lipinski definition) is 3. The molecule has 0 saturated heterocycles. The lowest BCUT2D eigenvalue weighted by Gasteiger charge is -2.18. The molecule has 0 fully saturated rings. The van der Waals surface area contributed by atoms with Gasteiger partial charge in [-0.05, 0) is 30.5 Å². The Kier molecular flexibility index (Phi) is 6.51. The number of benzene rings is 2. The van der Waals surface area contributed by atoms with Crippen LogP contribution < -0.4 is 10.6 Å². The van der Waals surface area contributed by atoms with Crippen LogP contribution in [0.5, 0.6) is 0 Å². The largest absolute Gasteiger partial charge is 0.396 e. The molecule has 24 heavy (non-hydrogen) atoms. The smallest absolute Gasteiger partial charge is 0.251 e. The van der Waals surface area contributed by atoms with Crippen LogP contribution in [0.15, 0.2) is 54.6 Å². The van der Waals surface area contributed by atoms with Crippen LogP contribution in [-0.4, -0.2) is 30.1 Å². The molecule has 0 aromatic heterocycles. The molecule has 2 amide bonds. The van der Waals surface area contributed by atoms with Gasteiger partial charge in [-0.1, -0.05) is 48.5 Å². The van der Waals surface area contributed by atoms with Crippen molar-refractivity contribution < 1.29 is 14.7 Å². The Balaban J connectivity index is 1.92. The second-order valence-corrected chi connectivity index (χ2v) is 5.54. The van der Waals surface area contributed by atoms with E-state index in [1.54, 1.807) is 12.1 Å². The topological polar surface area (TPSA) is 78.4 Å². The first-order valence-electron chi connectivity index (χ1n) is 7.91. The number of hydrogen-bond acceptors (Lipinski definition) is 3. The highest BCUT2D eigenvalue weighted by Crippen LogP contribution is 2.15. The number of nitrogens with one attached hydrogen (secondary N) is 2. The van der Waals surface area contributed by atoms with Gasteiger partial charge in [-0.3, -0.25) is 9.59 Å². The van der Waals surface area contributed by atoms with E-state index in [4.69, 9.17) is 0 Å². The molecule has 126 valence electrons. The van der Waals surface area contributed by atoms with Crippen molar-refractivity contribution in [3.8, 4) is 0 Å². The number of rotatable bonds is 7. The lowest BCUT2D eigenvalue weighted by atomic mass is 10.0. The first kappa shape index (κ1) is 17.7. The lowest BCUT2D eigenvalue weighted by Crippen LogP contribution is -2.39. The fourth-order valence-electron chi connectivity index (χ4n) is 2.47. The number of aliphatic hydroxyl groups excluding tert-OH is 1. The summed E-state index contributed by atoms with van der Waals surface area (Å²) >= 11 is 0. The Hall–Kier alpha value is -2.66. The zero-order valence-electron chi connectivity index (χ0n) is 13.7. The molecule has 0 radical (unpaired) electrons. The molecule has 0 spiro atoms. The van der Waals surface area contributed by atoms with Gasteiger partial charge in [0, 0.05) is 12.2 Å². The maximum atomic E-state index is 12.1. The van der Waals surface area contributed by atoms with Crippen LogP contribution >= 0.6 is 0 Å². The summed E-state index contributed by atoms with van der Waals surface area (Å²) < 4.78 is 0. The highest BCUT2D eigenvalue weighted by Gasteiger charge is 2.15. The molecule has 0 aliphatic carbocycles. The molecular formula is C19H22N2O3. The Morgan fingerprint density at radius 2 is 1.71 bits per heavy atom. The van der Waals surface area contributed by atoms with Gasteiger partial charge in [0.15, 0.2) is 0 Å². The maximum absolute atomic E-state index is 12.1. The predicted octanol–water partition coefficient (Wildman–Crippen LogP) is 1.96. The molecule has 0 aliphatic rings. The van der Waals surface area contributed by atoms with Crippen molar-refractivity contribution in [1.82, 2.24) is 10.6 Å². The number of carbonyl (C=O) groups excluding carboxylic acids is 2. The van der Waals surface area contributed by atoms with Crippen molar-refractivity contribution in [2.24, 2.45) is 0 Å². The molecule has 2 aromatic rings. The summed E-state index contributed by atoms with van der Waals surface area (Å²) in [4.78, 5) is 24.2. The summed E-state index contributed by atoms with van der Waals surface area (Å²) in [6.07, 6.45) is 0.418. The molecule has 5 heteroatoms. The van der Waals surface area contributed by atoms with Crippen LogP contribution in [0, 0.1) is 6.92 Å². The van der Waals surface area contributed by atoms with E-state index in [1.165, 1.54) is 0 Å². The normalized spacial score (nSPS) is 11.6. The summed E-state index contributed by atoms with van der Waals surface area (Å²) in [6, 6.07) is 16.4. The van der Waals surface area contributed by atoms with Crippen molar-refractivity contribution in [3.05, 3.63) is 71.3 Å². The van der Waals surface area contributed by atoms with Crippen molar-refractivity contribution in [2.75, 3.05) is 13.2 Å². The van der Waals surface area contributed by atoms with Gasteiger partial charge in [0.25, 0.3) is 5.91 Å². The van der Waals surface area contributed by atoms with E-state index < -0.39 is 0 Å².